The van der Waals surface area contributed by atoms with Crippen LogP contribution >= 0.6 is 0 Å². The van der Waals surface area contributed by atoms with Crippen LogP contribution in [0, 0.1) is 12.7 Å². The Balaban J connectivity index is 1.66. The van der Waals surface area contributed by atoms with Crippen LogP contribution in [-0.4, -0.2) is 43.6 Å². The monoisotopic (exact) mass is 402 g/mol. The second-order valence-corrected chi connectivity index (χ2v) is 8.34. The third-order valence-electron chi connectivity index (χ3n) is 4.17. The highest BCUT2D eigenvalue weighted by molar-refractivity contribution is 7.90. The van der Waals surface area contributed by atoms with Crippen molar-refractivity contribution >= 4 is 32.5 Å². The average Bonchev–Trinajstić information content (AvgIpc) is 2.66. The molecule has 0 aliphatic heterocycles. The van der Waals surface area contributed by atoms with Crippen molar-refractivity contribution in [3.8, 4) is 0 Å². The first kappa shape index (κ1) is 19.7. The van der Waals surface area contributed by atoms with Gasteiger partial charge in [-0.15, -0.1) is 0 Å². The van der Waals surface area contributed by atoms with Crippen LogP contribution in [0.3, 0.4) is 0 Å². The number of halogens is 1. The Morgan fingerprint density at radius 3 is 2.61 bits per heavy atom. The van der Waals surface area contributed by atoms with Gasteiger partial charge in [0.25, 0.3) is 5.91 Å². The van der Waals surface area contributed by atoms with Gasteiger partial charge in [0.1, 0.15) is 18.0 Å². The molecule has 3 rings (SSSR count). The predicted octanol–water partition coefficient (Wildman–Crippen LogP) is 2.32. The second kappa shape index (κ2) is 7.89. The molecule has 1 heterocycles. The third kappa shape index (κ3) is 4.42. The highest BCUT2D eigenvalue weighted by Crippen LogP contribution is 2.22. The van der Waals surface area contributed by atoms with E-state index in [2.05, 4.69) is 20.6 Å². The van der Waals surface area contributed by atoms with Crippen molar-refractivity contribution in [3.05, 3.63) is 59.7 Å². The van der Waals surface area contributed by atoms with Gasteiger partial charge >= 0.3 is 0 Å². The number of fused-ring (bicyclic) bond motifs is 1. The zero-order chi connectivity index (χ0) is 20.3. The normalized spacial score (nSPS) is 11.4. The number of amides is 1. The molecule has 7 nitrogen and oxygen atoms in total. The Bertz CT molecular complexity index is 1150. The maximum atomic E-state index is 13.6. The first-order chi connectivity index (χ1) is 13.3. The number of hydrogen-bond acceptors (Lipinski definition) is 6. The van der Waals surface area contributed by atoms with Crippen molar-refractivity contribution < 1.29 is 17.6 Å². The molecule has 0 aliphatic carbocycles. The van der Waals surface area contributed by atoms with Crippen molar-refractivity contribution in [1.82, 2.24) is 15.3 Å². The zero-order valence-corrected chi connectivity index (χ0v) is 16.2. The van der Waals surface area contributed by atoms with E-state index in [0.29, 0.717) is 28.8 Å². The first-order valence-corrected chi connectivity index (χ1v) is 10.4. The molecule has 9 heteroatoms. The molecule has 2 aromatic carbocycles. The summed E-state index contributed by atoms with van der Waals surface area (Å²) in [5.74, 6) is -0.348. The van der Waals surface area contributed by atoms with Crippen LogP contribution in [0.5, 0.6) is 0 Å². The fraction of sp³-hybridized carbons (Fsp3) is 0.211. The molecule has 2 N–H and O–H groups in total. The van der Waals surface area contributed by atoms with Crippen LogP contribution in [0.1, 0.15) is 15.9 Å². The molecule has 0 atom stereocenters. The summed E-state index contributed by atoms with van der Waals surface area (Å²) in [6, 6.07) is 8.94. The van der Waals surface area contributed by atoms with Crippen LogP contribution in [-0.2, 0) is 9.84 Å². The van der Waals surface area contributed by atoms with E-state index in [1.807, 2.05) is 0 Å². The van der Waals surface area contributed by atoms with Gasteiger partial charge in [-0.1, -0.05) is 6.07 Å². The lowest BCUT2D eigenvalue weighted by atomic mass is 10.1. The Labute approximate surface area is 161 Å². The number of carbonyl (C=O) groups excluding carboxylic acids is 1. The number of aromatic nitrogens is 2. The van der Waals surface area contributed by atoms with E-state index < -0.39 is 15.7 Å². The fourth-order valence-electron chi connectivity index (χ4n) is 2.60. The summed E-state index contributed by atoms with van der Waals surface area (Å²) in [4.78, 5) is 20.5. The van der Waals surface area contributed by atoms with Gasteiger partial charge < -0.3 is 10.6 Å². The topological polar surface area (TPSA) is 101 Å². The quantitative estimate of drug-likeness (QED) is 0.614. The van der Waals surface area contributed by atoms with Gasteiger partial charge in [-0.3, -0.25) is 4.79 Å². The molecule has 1 aromatic heterocycles. The number of anilines is 1. The van der Waals surface area contributed by atoms with E-state index in [4.69, 9.17) is 0 Å². The molecule has 0 bridgehead atoms. The molecule has 0 aliphatic rings. The Morgan fingerprint density at radius 2 is 1.89 bits per heavy atom. The summed E-state index contributed by atoms with van der Waals surface area (Å²) in [7, 11) is -3.36. The highest BCUT2D eigenvalue weighted by Gasteiger charge is 2.11. The number of nitrogens with one attached hydrogen (secondary N) is 2. The number of sulfone groups is 1. The molecule has 0 saturated carbocycles. The summed E-state index contributed by atoms with van der Waals surface area (Å²) in [6.45, 7) is 2.24. The predicted molar refractivity (Wildman–Crippen MR) is 105 cm³/mol. The number of nitrogens with zero attached hydrogens (tertiary/aromatic N) is 2. The summed E-state index contributed by atoms with van der Waals surface area (Å²) in [5.41, 5.74) is 1.32. The molecule has 0 unspecified atom stereocenters. The van der Waals surface area contributed by atoms with Crippen LogP contribution in [0.2, 0.25) is 0 Å². The van der Waals surface area contributed by atoms with Crippen LogP contribution < -0.4 is 10.6 Å². The average molecular weight is 402 g/mol. The SMILES string of the molecule is Cc1ccc(C(=O)NCCNc2ncnc3ccc(S(C)(=O)=O)cc23)cc1F. The lowest BCUT2D eigenvalue weighted by molar-refractivity contribution is 0.0954. The zero-order valence-electron chi connectivity index (χ0n) is 15.4. The van der Waals surface area contributed by atoms with Gasteiger partial charge in [0.15, 0.2) is 9.84 Å². The van der Waals surface area contributed by atoms with Crippen molar-refractivity contribution in [2.45, 2.75) is 11.8 Å². The summed E-state index contributed by atoms with van der Waals surface area (Å²) >= 11 is 0. The van der Waals surface area contributed by atoms with E-state index in [0.717, 1.165) is 6.26 Å². The molecule has 1 amide bonds. The van der Waals surface area contributed by atoms with Crippen molar-refractivity contribution in [2.24, 2.45) is 0 Å². The smallest absolute Gasteiger partial charge is 0.251 e. The minimum Gasteiger partial charge on any atom is -0.368 e. The molecule has 3 aromatic rings. The minimum absolute atomic E-state index is 0.174. The molecular formula is C19H19FN4O3S. The van der Waals surface area contributed by atoms with Crippen molar-refractivity contribution in [1.29, 1.82) is 0 Å². The molecule has 146 valence electrons. The molecule has 0 radical (unpaired) electrons. The Morgan fingerprint density at radius 1 is 1.11 bits per heavy atom. The van der Waals surface area contributed by atoms with Crippen LogP contribution in [0.4, 0.5) is 10.2 Å². The van der Waals surface area contributed by atoms with Crippen LogP contribution in [0.15, 0.2) is 47.6 Å². The van der Waals surface area contributed by atoms with Gasteiger partial charge in [-0.05, 0) is 42.8 Å². The van der Waals surface area contributed by atoms with Crippen molar-refractivity contribution in [3.63, 3.8) is 0 Å². The molecule has 28 heavy (non-hydrogen) atoms. The maximum Gasteiger partial charge on any atom is 0.251 e. The fourth-order valence-corrected chi connectivity index (χ4v) is 3.25. The number of hydrogen-bond donors (Lipinski definition) is 2. The molecule has 0 saturated heterocycles. The minimum atomic E-state index is -3.36. The van der Waals surface area contributed by atoms with E-state index in [1.165, 1.54) is 24.5 Å². The first-order valence-electron chi connectivity index (χ1n) is 8.49. The second-order valence-electron chi connectivity index (χ2n) is 6.32. The van der Waals surface area contributed by atoms with Gasteiger partial charge in [-0.25, -0.2) is 22.8 Å². The maximum absolute atomic E-state index is 13.6. The largest absolute Gasteiger partial charge is 0.368 e. The van der Waals surface area contributed by atoms with E-state index in [1.54, 1.807) is 25.1 Å². The Kier molecular flexibility index (Phi) is 5.55. The molecule has 0 fully saturated rings. The summed E-state index contributed by atoms with van der Waals surface area (Å²) < 4.78 is 37.1. The van der Waals surface area contributed by atoms with Crippen LogP contribution in [0.25, 0.3) is 10.9 Å². The number of aryl methyl sites for hydroxylation is 1. The van der Waals surface area contributed by atoms with E-state index in [9.17, 15) is 17.6 Å². The number of carbonyl (C=O) groups is 1. The van der Waals surface area contributed by atoms with Gasteiger partial charge in [0.2, 0.25) is 0 Å². The number of rotatable bonds is 6. The van der Waals surface area contributed by atoms with E-state index >= 15 is 0 Å². The summed E-state index contributed by atoms with van der Waals surface area (Å²) in [6.07, 6.45) is 2.51. The Hall–Kier alpha value is -3.07. The number of benzene rings is 2. The molecular weight excluding hydrogens is 383 g/mol. The van der Waals surface area contributed by atoms with Gasteiger partial charge in [0, 0.05) is 30.3 Å². The lowest BCUT2D eigenvalue weighted by Crippen LogP contribution is -2.29. The standard InChI is InChI=1S/C19H19FN4O3S/c1-12-3-4-13(9-16(12)20)19(25)22-8-7-21-18-15-10-14(28(2,26)27)5-6-17(15)23-11-24-18/h3-6,9-11H,7-8H2,1-2H3,(H,22,25)(H,21,23,24). The highest BCUT2D eigenvalue weighted by atomic mass is 32.2. The summed E-state index contributed by atoms with van der Waals surface area (Å²) in [5, 5.41) is 6.32. The van der Waals surface area contributed by atoms with Gasteiger partial charge in [0.05, 0.1) is 10.4 Å². The van der Waals surface area contributed by atoms with E-state index in [-0.39, 0.29) is 22.9 Å². The molecule has 0 spiro atoms. The lowest BCUT2D eigenvalue weighted by Gasteiger charge is -2.10. The third-order valence-corrected chi connectivity index (χ3v) is 5.28. The van der Waals surface area contributed by atoms with Gasteiger partial charge in [-0.2, -0.15) is 0 Å². The van der Waals surface area contributed by atoms with Crippen molar-refractivity contribution in [2.75, 3.05) is 24.7 Å².